The maximum Gasteiger partial charge on any atom is 0.226 e. The lowest BCUT2D eigenvalue weighted by Gasteiger charge is -2.03. The van der Waals surface area contributed by atoms with Crippen LogP contribution in [-0.2, 0) is 4.79 Å². The number of nitrogens with zero attached hydrogens (tertiary/aromatic N) is 2. The van der Waals surface area contributed by atoms with E-state index < -0.39 is 5.82 Å². The molecule has 5 nitrogen and oxygen atoms in total. The first-order valence-electron chi connectivity index (χ1n) is 6.14. The van der Waals surface area contributed by atoms with Gasteiger partial charge in [0.2, 0.25) is 11.0 Å². The van der Waals surface area contributed by atoms with Crippen molar-refractivity contribution in [3.8, 4) is 10.6 Å². The van der Waals surface area contributed by atoms with Crippen LogP contribution in [0, 0.1) is 11.7 Å². The summed E-state index contributed by atoms with van der Waals surface area (Å²) in [5.74, 6) is -0.292. The summed E-state index contributed by atoms with van der Waals surface area (Å²) in [5.41, 5.74) is 6.36. The summed E-state index contributed by atoms with van der Waals surface area (Å²) in [5, 5.41) is 11.1. The average Bonchev–Trinajstić information content (AvgIpc) is 2.79. The molecule has 0 unspecified atom stereocenters. The third kappa shape index (κ3) is 3.51. The van der Waals surface area contributed by atoms with Crippen molar-refractivity contribution in [3.05, 3.63) is 24.0 Å². The van der Waals surface area contributed by atoms with E-state index in [1.165, 1.54) is 18.2 Å². The number of nitrogen functional groups attached to an aromatic ring is 1. The molecule has 1 aromatic carbocycles. The molecule has 0 spiro atoms. The van der Waals surface area contributed by atoms with E-state index in [1.807, 2.05) is 13.8 Å². The Kier molecular flexibility index (Phi) is 4.29. The number of carbonyl (C=O) groups is 1. The minimum atomic E-state index is -0.421. The predicted octanol–water partition coefficient (Wildman–Crippen LogP) is 2.91. The molecule has 0 radical (unpaired) electrons. The number of anilines is 2. The highest BCUT2D eigenvalue weighted by Crippen LogP contribution is 2.29. The first-order chi connectivity index (χ1) is 9.45. The van der Waals surface area contributed by atoms with Gasteiger partial charge in [0.15, 0.2) is 5.01 Å². The van der Waals surface area contributed by atoms with Crippen molar-refractivity contribution >= 4 is 28.1 Å². The van der Waals surface area contributed by atoms with Crippen LogP contribution in [0.4, 0.5) is 15.2 Å². The quantitative estimate of drug-likeness (QED) is 0.850. The summed E-state index contributed by atoms with van der Waals surface area (Å²) >= 11 is 1.11. The Balaban J connectivity index is 2.16. The molecule has 0 saturated carbocycles. The highest BCUT2D eigenvalue weighted by molar-refractivity contribution is 7.18. The van der Waals surface area contributed by atoms with Crippen LogP contribution < -0.4 is 11.1 Å². The summed E-state index contributed by atoms with van der Waals surface area (Å²) in [7, 11) is 0. The molecule has 0 atom stereocenters. The smallest absolute Gasteiger partial charge is 0.226 e. The van der Waals surface area contributed by atoms with Gasteiger partial charge in [0.1, 0.15) is 5.82 Å². The molecule has 0 aliphatic carbocycles. The maximum absolute atomic E-state index is 13.7. The molecule has 20 heavy (non-hydrogen) atoms. The van der Waals surface area contributed by atoms with Crippen LogP contribution in [0.5, 0.6) is 0 Å². The summed E-state index contributed by atoms with van der Waals surface area (Å²) in [6.07, 6.45) is 0.404. The minimum absolute atomic E-state index is 0.129. The number of hydrogen-bond donors (Lipinski definition) is 2. The van der Waals surface area contributed by atoms with E-state index in [0.717, 1.165) is 11.3 Å². The third-order valence-corrected chi connectivity index (χ3v) is 3.36. The van der Waals surface area contributed by atoms with Gasteiger partial charge in [0.05, 0.1) is 5.56 Å². The molecule has 0 fully saturated rings. The van der Waals surface area contributed by atoms with Crippen molar-refractivity contribution in [3.63, 3.8) is 0 Å². The Morgan fingerprint density at radius 1 is 1.45 bits per heavy atom. The lowest BCUT2D eigenvalue weighted by molar-refractivity contribution is -0.116. The van der Waals surface area contributed by atoms with Crippen LogP contribution in [0.3, 0.4) is 0 Å². The van der Waals surface area contributed by atoms with E-state index in [0.29, 0.717) is 22.2 Å². The van der Waals surface area contributed by atoms with E-state index in [4.69, 9.17) is 5.73 Å². The van der Waals surface area contributed by atoms with Crippen molar-refractivity contribution in [2.24, 2.45) is 5.92 Å². The zero-order chi connectivity index (χ0) is 14.7. The summed E-state index contributed by atoms with van der Waals surface area (Å²) in [6.45, 7) is 3.90. The Bertz CT molecular complexity index is 627. The first kappa shape index (κ1) is 14.4. The molecule has 0 aliphatic rings. The molecule has 106 valence electrons. The second-order valence-electron chi connectivity index (χ2n) is 4.80. The van der Waals surface area contributed by atoms with Crippen LogP contribution in [-0.4, -0.2) is 16.1 Å². The van der Waals surface area contributed by atoms with Gasteiger partial charge in [-0.3, -0.25) is 4.79 Å². The van der Waals surface area contributed by atoms with E-state index in [2.05, 4.69) is 15.5 Å². The zero-order valence-electron chi connectivity index (χ0n) is 11.2. The predicted molar refractivity (Wildman–Crippen MR) is 77.8 cm³/mol. The molecular formula is C13H15FN4OS. The van der Waals surface area contributed by atoms with Gasteiger partial charge in [0.25, 0.3) is 0 Å². The second kappa shape index (κ2) is 5.96. The van der Waals surface area contributed by atoms with Gasteiger partial charge in [-0.15, -0.1) is 10.2 Å². The molecular weight excluding hydrogens is 279 g/mol. The van der Waals surface area contributed by atoms with Crippen molar-refractivity contribution in [2.75, 3.05) is 11.1 Å². The van der Waals surface area contributed by atoms with Crippen molar-refractivity contribution in [1.29, 1.82) is 0 Å². The van der Waals surface area contributed by atoms with Crippen LogP contribution in [0.1, 0.15) is 20.3 Å². The molecule has 3 N–H and O–H groups in total. The molecule has 1 heterocycles. The van der Waals surface area contributed by atoms with E-state index in [1.54, 1.807) is 0 Å². The number of benzene rings is 1. The number of amides is 1. The lowest BCUT2D eigenvalue weighted by Crippen LogP contribution is -2.13. The second-order valence-corrected chi connectivity index (χ2v) is 5.78. The number of nitrogens with two attached hydrogens (primary N) is 1. The van der Waals surface area contributed by atoms with Crippen LogP contribution >= 0.6 is 11.3 Å². The normalized spacial score (nSPS) is 10.8. The fourth-order valence-corrected chi connectivity index (χ4v) is 2.41. The number of rotatable bonds is 4. The highest BCUT2D eigenvalue weighted by Gasteiger charge is 2.13. The maximum atomic E-state index is 13.7. The highest BCUT2D eigenvalue weighted by atomic mass is 32.1. The molecule has 0 aliphatic heterocycles. The van der Waals surface area contributed by atoms with E-state index >= 15 is 0 Å². The molecule has 2 aromatic rings. The monoisotopic (exact) mass is 294 g/mol. The van der Waals surface area contributed by atoms with Gasteiger partial charge in [-0.1, -0.05) is 25.2 Å². The first-order valence-corrected chi connectivity index (χ1v) is 6.96. The molecule has 1 aromatic heterocycles. The molecule has 1 amide bonds. The van der Waals surface area contributed by atoms with Crippen LogP contribution in [0.25, 0.3) is 10.6 Å². The Hall–Kier alpha value is -2.02. The van der Waals surface area contributed by atoms with Gasteiger partial charge < -0.3 is 11.1 Å². The molecule has 0 saturated heterocycles. The Morgan fingerprint density at radius 2 is 2.20 bits per heavy atom. The van der Waals surface area contributed by atoms with Gasteiger partial charge in [-0.05, 0) is 24.1 Å². The molecule has 2 rings (SSSR count). The third-order valence-electron chi connectivity index (χ3n) is 2.49. The standard InChI is InChI=1S/C13H15FN4OS/c1-7(2)5-11(19)16-13-18-17-12(20-13)9-6-8(15)3-4-10(9)14/h3-4,6-7H,5,15H2,1-2H3,(H,16,18,19). The largest absolute Gasteiger partial charge is 0.399 e. The average molecular weight is 294 g/mol. The lowest BCUT2D eigenvalue weighted by atomic mass is 10.1. The van der Waals surface area contributed by atoms with E-state index in [-0.39, 0.29) is 17.4 Å². The van der Waals surface area contributed by atoms with Crippen molar-refractivity contribution in [1.82, 2.24) is 10.2 Å². The van der Waals surface area contributed by atoms with E-state index in [9.17, 15) is 9.18 Å². The SMILES string of the molecule is CC(C)CC(=O)Nc1nnc(-c2cc(N)ccc2F)s1. The van der Waals surface area contributed by atoms with Gasteiger partial charge >= 0.3 is 0 Å². The number of aromatic nitrogens is 2. The van der Waals surface area contributed by atoms with Crippen LogP contribution in [0.2, 0.25) is 0 Å². The number of hydrogen-bond acceptors (Lipinski definition) is 5. The van der Waals surface area contributed by atoms with Gasteiger partial charge in [-0.25, -0.2) is 4.39 Å². The minimum Gasteiger partial charge on any atom is -0.399 e. The Morgan fingerprint density at radius 3 is 2.90 bits per heavy atom. The number of carbonyl (C=O) groups excluding carboxylic acids is 1. The van der Waals surface area contributed by atoms with Gasteiger partial charge in [-0.2, -0.15) is 0 Å². The molecule has 7 heteroatoms. The van der Waals surface area contributed by atoms with Crippen LogP contribution in [0.15, 0.2) is 18.2 Å². The topological polar surface area (TPSA) is 80.9 Å². The summed E-state index contributed by atoms with van der Waals surface area (Å²) in [4.78, 5) is 11.6. The fraction of sp³-hybridized carbons (Fsp3) is 0.308. The fourth-order valence-electron chi connectivity index (χ4n) is 1.63. The van der Waals surface area contributed by atoms with Crippen molar-refractivity contribution in [2.45, 2.75) is 20.3 Å². The Labute approximate surface area is 120 Å². The summed E-state index contributed by atoms with van der Waals surface area (Å²) < 4.78 is 13.7. The number of nitrogens with one attached hydrogen (secondary N) is 1. The van der Waals surface area contributed by atoms with Crippen molar-refractivity contribution < 1.29 is 9.18 Å². The summed E-state index contributed by atoms with van der Waals surface area (Å²) in [6, 6.07) is 4.25. The van der Waals surface area contributed by atoms with Gasteiger partial charge in [0, 0.05) is 12.1 Å². The molecule has 0 bridgehead atoms. The number of halogens is 1. The zero-order valence-corrected chi connectivity index (χ0v) is 12.0.